The highest BCUT2D eigenvalue weighted by molar-refractivity contribution is 5.87. The summed E-state index contributed by atoms with van der Waals surface area (Å²) < 4.78 is 0. The lowest BCUT2D eigenvalue weighted by Gasteiger charge is -2.43. The van der Waals surface area contributed by atoms with Gasteiger partial charge in [0.1, 0.15) is 6.04 Å². The van der Waals surface area contributed by atoms with Crippen LogP contribution >= 0.6 is 0 Å². The minimum Gasteiger partial charge on any atom is -0.465 e. The maximum atomic E-state index is 12.5. The van der Waals surface area contributed by atoms with Crippen LogP contribution in [0, 0.1) is 0 Å². The van der Waals surface area contributed by atoms with E-state index in [9.17, 15) is 14.4 Å². The van der Waals surface area contributed by atoms with Crippen LogP contribution in [0.25, 0.3) is 0 Å². The lowest BCUT2D eigenvalue weighted by Crippen LogP contribution is -2.58. The lowest BCUT2D eigenvalue weighted by atomic mass is 9.85. The van der Waals surface area contributed by atoms with Crippen LogP contribution in [0.3, 0.4) is 0 Å². The van der Waals surface area contributed by atoms with Gasteiger partial charge in [-0.15, -0.1) is 0 Å². The molecule has 8 nitrogen and oxygen atoms in total. The minimum atomic E-state index is -1.18. The molecule has 2 rings (SSSR count). The Bertz CT molecular complexity index is 482. The normalized spacial score (nSPS) is 31.3. The third-order valence-electron chi connectivity index (χ3n) is 4.84. The van der Waals surface area contributed by atoms with Crippen molar-refractivity contribution >= 4 is 17.9 Å². The predicted molar refractivity (Wildman–Crippen MR) is 84.0 cm³/mol. The average Bonchev–Trinajstić information content (AvgIpc) is 2.79. The van der Waals surface area contributed by atoms with Gasteiger partial charge in [0.25, 0.3) is 0 Å². The van der Waals surface area contributed by atoms with Crippen molar-refractivity contribution in [2.75, 3.05) is 20.6 Å². The van der Waals surface area contributed by atoms with Crippen LogP contribution in [0.1, 0.15) is 32.6 Å². The van der Waals surface area contributed by atoms with Crippen molar-refractivity contribution in [2.24, 2.45) is 0 Å². The maximum absolute atomic E-state index is 12.5. The van der Waals surface area contributed by atoms with Crippen LogP contribution in [0.15, 0.2) is 0 Å². The molecule has 0 radical (unpaired) electrons. The van der Waals surface area contributed by atoms with Crippen molar-refractivity contribution in [3.8, 4) is 0 Å². The van der Waals surface area contributed by atoms with Gasteiger partial charge in [-0.1, -0.05) is 0 Å². The first-order valence-electron chi connectivity index (χ1n) is 8.03. The minimum absolute atomic E-state index is 0.0665. The molecule has 1 aliphatic heterocycles. The molecule has 23 heavy (non-hydrogen) atoms. The van der Waals surface area contributed by atoms with E-state index in [2.05, 4.69) is 15.5 Å². The van der Waals surface area contributed by atoms with Crippen LogP contribution in [0.2, 0.25) is 0 Å². The average molecular weight is 326 g/mol. The number of carbonyl (C=O) groups excluding carboxylic acids is 2. The van der Waals surface area contributed by atoms with Crippen molar-refractivity contribution in [2.45, 2.75) is 56.8 Å². The smallest absolute Gasteiger partial charge is 0.405 e. The van der Waals surface area contributed by atoms with Gasteiger partial charge in [0, 0.05) is 19.5 Å². The van der Waals surface area contributed by atoms with Gasteiger partial charge in [0.05, 0.1) is 12.1 Å². The van der Waals surface area contributed by atoms with Gasteiger partial charge in [-0.2, -0.15) is 0 Å². The summed E-state index contributed by atoms with van der Waals surface area (Å²) in [5.74, 6) is -0.290. The Balaban J connectivity index is 2.08. The molecule has 0 spiro atoms. The fraction of sp³-hybridized carbons (Fsp3) is 0.800. The van der Waals surface area contributed by atoms with Gasteiger partial charge in [0.2, 0.25) is 11.8 Å². The van der Waals surface area contributed by atoms with Gasteiger partial charge in [0.15, 0.2) is 0 Å². The third kappa shape index (κ3) is 4.13. The SMILES string of the molecule is CC(=O)N[C@@H]1C[C@H](N(C)C)CC[C@@H]1N1CC[C@H](NC(=O)O)C1=O. The molecule has 1 saturated heterocycles. The molecule has 1 heterocycles. The van der Waals surface area contributed by atoms with E-state index in [0.29, 0.717) is 19.0 Å². The summed E-state index contributed by atoms with van der Waals surface area (Å²) in [6.07, 6.45) is 1.84. The molecular formula is C15H26N4O4. The van der Waals surface area contributed by atoms with Crippen LogP contribution in [-0.4, -0.2) is 77.6 Å². The summed E-state index contributed by atoms with van der Waals surface area (Å²) in [6.45, 7) is 2.01. The fourth-order valence-corrected chi connectivity index (χ4v) is 3.70. The first-order valence-corrected chi connectivity index (χ1v) is 8.03. The van der Waals surface area contributed by atoms with E-state index in [4.69, 9.17) is 5.11 Å². The van der Waals surface area contributed by atoms with E-state index in [1.807, 2.05) is 14.1 Å². The van der Waals surface area contributed by atoms with Gasteiger partial charge in [-0.25, -0.2) is 4.79 Å². The van der Waals surface area contributed by atoms with Gasteiger partial charge in [-0.3, -0.25) is 9.59 Å². The van der Waals surface area contributed by atoms with E-state index in [0.717, 1.165) is 19.3 Å². The van der Waals surface area contributed by atoms with Crippen molar-refractivity contribution in [3.63, 3.8) is 0 Å². The zero-order chi connectivity index (χ0) is 17.1. The Labute approximate surface area is 136 Å². The van der Waals surface area contributed by atoms with Crippen molar-refractivity contribution < 1.29 is 19.5 Å². The second kappa shape index (κ2) is 7.16. The number of hydrogen-bond acceptors (Lipinski definition) is 4. The zero-order valence-electron chi connectivity index (χ0n) is 13.9. The standard InChI is InChI=1S/C15H26N4O4/c1-9(20)16-12-8-10(18(2)3)4-5-13(12)19-7-6-11(14(19)21)17-15(22)23/h10-13,17H,4-8H2,1-3H3,(H,16,20)(H,22,23)/t10-,11+,12-,13+/m1/s1. The Morgan fingerprint density at radius 3 is 2.48 bits per heavy atom. The summed E-state index contributed by atoms with van der Waals surface area (Å²) >= 11 is 0. The summed E-state index contributed by atoms with van der Waals surface area (Å²) in [4.78, 5) is 38.6. The number of carboxylic acid groups (broad SMARTS) is 1. The molecule has 0 bridgehead atoms. The van der Waals surface area contributed by atoms with Crippen LogP contribution in [0.5, 0.6) is 0 Å². The second-order valence-corrected chi connectivity index (χ2v) is 6.63. The van der Waals surface area contributed by atoms with E-state index in [-0.39, 0.29) is 23.9 Å². The topological polar surface area (TPSA) is 102 Å². The van der Waals surface area contributed by atoms with E-state index in [1.54, 1.807) is 4.90 Å². The summed E-state index contributed by atoms with van der Waals surface area (Å²) in [7, 11) is 4.03. The second-order valence-electron chi connectivity index (χ2n) is 6.63. The monoisotopic (exact) mass is 326 g/mol. The number of hydrogen-bond donors (Lipinski definition) is 3. The molecule has 2 aliphatic rings. The number of likely N-dealkylation sites (tertiary alicyclic amines) is 1. The van der Waals surface area contributed by atoms with Crippen molar-refractivity contribution in [1.29, 1.82) is 0 Å². The Kier molecular flexibility index (Phi) is 5.46. The number of amides is 3. The van der Waals surface area contributed by atoms with Crippen LogP contribution < -0.4 is 10.6 Å². The van der Waals surface area contributed by atoms with Crippen molar-refractivity contribution in [1.82, 2.24) is 20.4 Å². The quantitative estimate of drug-likeness (QED) is 0.666. The Morgan fingerprint density at radius 2 is 1.91 bits per heavy atom. The largest absolute Gasteiger partial charge is 0.465 e. The Hall–Kier alpha value is -1.83. The van der Waals surface area contributed by atoms with Crippen LogP contribution in [-0.2, 0) is 9.59 Å². The highest BCUT2D eigenvalue weighted by atomic mass is 16.4. The summed E-state index contributed by atoms with van der Waals surface area (Å²) in [5, 5.41) is 14.1. The van der Waals surface area contributed by atoms with Crippen molar-refractivity contribution in [3.05, 3.63) is 0 Å². The van der Waals surface area contributed by atoms with Gasteiger partial charge < -0.3 is 25.5 Å². The molecule has 1 saturated carbocycles. The number of nitrogens with one attached hydrogen (secondary N) is 2. The Morgan fingerprint density at radius 1 is 1.22 bits per heavy atom. The number of rotatable bonds is 4. The molecule has 130 valence electrons. The molecule has 0 aromatic carbocycles. The zero-order valence-corrected chi connectivity index (χ0v) is 13.9. The molecule has 8 heteroatoms. The molecule has 4 atom stereocenters. The molecule has 1 aliphatic carbocycles. The first kappa shape index (κ1) is 17.5. The highest BCUT2D eigenvalue weighted by Crippen LogP contribution is 2.29. The van der Waals surface area contributed by atoms with E-state index >= 15 is 0 Å². The molecule has 0 unspecified atom stereocenters. The summed E-state index contributed by atoms with van der Waals surface area (Å²) in [6, 6.07) is -0.463. The third-order valence-corrected chi connectivity index (χ3v) is 4.84. The molecule has 3 N–H and O–H groups in total. The van der Waals surface area contributed by atoms with Crippen LogP contribution in [0.4, 0.5) is 4.79 Å². The maximum Gasteiger partial charge on any atom is 0.405 e. The van der Waals surface area contributed by atoms with E-state index in [1.165, 1.54) is 6.92 Å². The number of carbonyl (C=O) groups is 3. The number of nitrogens with zero attached hydrogens (tertiary/aromatic N) is 2. The van der Waals surface area contributed by atoms with Gasteiger partial charge >= 0.3 is 6.09 Å². The summed E-state index contributed by atoms with van der Waals surface area (Å²) in [5.41, 5.74) is 0. The molecular weight excluding hydrogens is 300 g/mol. The first-order chi connectivity index (χ1) is 10.8. The fourth-order valence-electron chi connectivity index (χ4n) is 3.70. The molecule has 0 aromatic rings. The highest BCUT2D eigenvalue weighted by Gasteiger charge is 2.42. The lowest BCUT2D eigenvalue weighted by molar-refractivity contribution is -0.133. The van der Waals surface area contributed by atoms with Gasteiger partial charge in [-0.05, 0) is 39.8 Å². The molecule has 0 aromatic heterocycles. The molecule has 3 amide bonds. The predicted octanol–water partition coefficient (Wildman–Crippen LogP) is -0.158. The molecule has 2 fully saturated rings. The van der Waals surface area contributed by atoms with E-state index < -0.39 is 12.1 Å².